The van der Waals surface area contributed by atoms with Crippen molar-refractivity contribution in [3.05, 3.63) is 33.8 Å². The van der Waals surface area contributed by atoms with Crippen molar-refractivity contribution in [2.75, 3.05) is 13.1 Å². The summed E-state index contributed by atoms with van der Waals surface area (Å²) in [4.78, 5) is 36.2. The Morgan fingerprint density at radius 3 is 2.29 bits per heavy atom. The Morgan fingerprint density at radius 1 is 1.07 bits per heavy atom. The van der Waals surface area contributed by atoms with Crippen LogP contribution in [0.1, 0.15) is 44.1 Å². The number of piperidine rings is 1. The van der Waals surface area contributed by atoms with Gasteiger partial charge in [-0.15, -0.1) is 0 Å². The molecule has 0 aromatic heterocycles. The van der Waals surface area contributed by atoms with Gasteiger partial charge in [-0.25, -0.2) is 4.79 Å². The molecule has 0 saturated carbocycles. The quantitative estimate of drug-likeness (QED) is 0.610. The fourth-order valence-corrected chi connectivity index (χ4v) is 3.57. The minimum Gasteiger partial charge on any atom is -0.481 e. The van der Waals surface area contributed by atoms with E-state index >= 15 is 0 Å². The third-order valence-electron chi connectivity index (χ3n) is 4.45. The lowest BCUT2D eigenvalue weighted by atomic mass is 10.0. The molecule has 0 unspecified atom stereocenters. The third kappa shape index (κ3) is 7.94. The topological polar surface area (TPSA) is 95.9 Å². The molecule has 1 aromatic carbocycles. The molecule has 0 atom stereocenters. The molecule has 1 aromatic rings. The van der Waals surface area contributed by atoms with Gasteiger partial charge in [-0.05, 0) is 49.4 Å². The number of benzene rings is 1. The van der Waals surface area contributed by atoms with Gasteiger partial charge in [0.15, 0.2) is 0 Å². The first-order valence-electron chi connectivity index (χ1n) is 9.21. The number of hydrogen-bond acceptors (Lipinski definition) is 4. The average molecular weight is 431 g/mol. The van der Waals surface area contributed by atoms with Crippen molar-refractivity contribution in [1.82, 2.24) is 10.2 Å². The van der Waals surface area contributed by atoms with Gasteiger partial charge in [-0.3, -0.25) is 9.59 Å². The lowest BCUT2D eigenvalue weighted by molar-refractivity contribution is -0.137. The molecule has 7 nitrogen and oxygen atoms in total. The summed E-state index contributed by atoms with van der Waals surface area (Å²) in [6.45, 7) is 1.09. The van der Waals surface area contributed by atoms with E-state index in [1.807, 2.05) is 0 Å². The number of amides is 2. The van der Waals surface area contributed by atoms with Crippen molar-refractivity contribution in [1.29, 1.82) is 0 Å². The molecule has 0 bridgehead atoms. The molecule has 0 radical (unpaired) electrons. The van der Waals surface area contributed by atoms with Crippen molar-refractivity contribution >= 4 is 41.2 Å². The van der Waals surface area contributed by atoms with Crippen molar-refractivity contribution in [2.24, 2.45) is 0 Å². The van der Waals surface area contributed by atoms with E-state index in [1.54, 1.807) is 23.1 Å². The second-order valence-corrected chi connectivity index (χ2v) is 7.63. The van der Waals surface area contributed by atoms with Gasteiger partial charge in [-0.1, -0.05) is 23.2 Å². The number of carboxylic acid groups (broad SMARTS) is 1. The van der Waals surface area contributed by atoms with Crippen LogP contribution in [0.3, 0.4) is 0 Å². The SMILES string of the molecule is O=C(O)CCCCC(=O)NC1CCN(C(=O)OCc2cc(Cl)cc(Cl)c2)CC1. The highest BCUT2D eigenvalue weighted by atomic mass is 35.5. The van der Waals surface area contributed by atoms with Crippen LogP contribution in [-0.4, -0.2) is 47.1 Å². The van der Waals surface area contributed by atoms with Crippen LogP contribution < -0.4 is 5.32 Å². The highest BCUT2D eigenvalue weighted by Crippen LogP contribution is 2.20. The molecule has 1 aliphatic heterocycles. The first-order valence-corrected chi connectivity index (χ1v) is 9.97. The van der Waals surface area contributed by atoms with E-state index in [4.69, 9.17) is 33.0 Å². The molecule has 2 amide bonds. The Hall–Kier alpha value is -1.99. The second-order valence-electron chi connectivity index (χ2n) is 6.76. The number of halogens is 2. The number of carboxylic acids is 1. The number of rotatable bonds is 8. The van der Waals surface area contributed by atoms with E-state index in [0.717, 1.165) is 5.56 Å². The summed E-state index contributed by atoms with van der Waals surface area (Å²) in [5, 5.41) is 12.5. The van der Waals surface area contributed by atoms with Gasteiger partial charge < -0.3 is 20.1 Å². The number of likely N-dealkylation sites (tertiary alicyclic amines) is 1. The fourth-order valence-electron chi connectivity index (χ4n) is 3.00. The molecule has 1 saturated heterocycles. The Balaban J connectivity index is 1.66. The molecule has 1 heterocycles. The van der Waals surface area contributed by atoms with Gasteiger partial charge >= 0.3 is 12.1 Å². The summed E-state index contributed by atoms with van der Waals surface area (Å²) in [7, 11) is 0. The number of carbonyl (C=O) groups excluding carboxylic acids is 2. The number of carbonyl (C=O) groups is 3. The highest BCUT2D eigenvalue weighted by Gasteiger charge is 2.24. The predicted octanol–water partition coefficient (Wildman–Crippen LogP) is 3.86. The first-order chi connectivity index (χ1) is 13.3. The van der Waals surface area contributed by atoms with Gasteiger partial charge in [0.05, 0.1) is 0 Å². The van der Waals surface area contributed by atoms with E-state index in [1.165, 1.54) is 0 Å². The van der Waals surface area contributed by atoms with Crippen molar-refractivity contribution in [3.63, 3.8) is 0 Å². The average Bonchev–Trinajstić information content (AvgIpc) is 2.63. The molecular formula is C19H24Cl2N2O5. The maximum Gasteiger partial charge on any atom is 0.410 e. The minimum atomic E-state index is -0.849. The number of nitrogens with zero attached hydrogens (tertiary/aromatic N) is 1. The minimum absolute atomic E-state index is 0.0164. The van der Waals surface area contributed by atoms with Gasteiger partial charge in [0.2, 0.25) is 5.91 Å². The van der Waals surface area contributed by atoms with Crippen LogP contribution in [-0.2, 0) is 20.9 Å². The van der Waals surface area contributed by atoms with Crippen LogP contribution in [0.5, 0.6) is 0 Å². The summed E-state index contributed by atoms with van der Waals surface area (Å²) < 4.78 is 5.31. The molecule has 2 N–H and O–H groups in total. The summed E-state index contributed by atoms with van der Waals surface area (Å²) in [5.41, 5.74) is 0.718. The van der Waals surface area contributed by atoms with E-state index in [9.17, 15) is 14.4 Å². The maximum atomic E-state index is 12.2. The molecule has 154 valence electrons. The molecule has 0 aliphatic carbocycles. The predicted molar refractivity (Wildman–Crippen MR) is 105 cm³/mol. The van der Waals surface area contributed by atoms with Crippen LogP contribution >= 0.6 is 23.2 Å². The number of nitrogens with one attached hydrogen (secondary N) is 1. The smallest absolute Gasteiger partial charge is 0.410 e. The van der Waals surface area contributed by atoms with Crippen molar-refractivity contribution in [3.8, 4) is 0 Å². The van der Waals surface area contributed by atoms with Crippen LogP contribution in [0.2, 0.25) is 10.0 Å². The molecular weight excluding hydrogens is 407 g/mol. The zero-order valence-corrected chi connectivity index (χ0v) is 17.0. The Morgan fingerprint density at radius 2 is 1.68 bits per heavy atom. The normalized spacial score (nSPS) is 14.6. The van der Waals surface area contributed by atoms with Crippen molar-refractivity contribution in [2.45, 2.75) is 51.2 Å². The Labute approximate surface area is 173 Å². The van der Waals surface area contributed by atoms with E-state index < -0.39 is 12.1 Å². The summed E-state index contributed by atoms with van der Waals surface area (Å²) in [5.74, 6) is -0.928. The van der Waals surface area contributed by atoms with Crippen LogP contribution in [0.4, 0.5) is 4.79 Å². The fraction of sp³-hybridized carbons (Fsp3) is 0.526. The van der Waals surface area contributed by atoms with Crippen molar-refractivity contribution < 1.29 is 24.2 Å². The van der Waals surface area contributed by atoms with Crippen LogP contribution in [0.15, 0.2) is 18.2 Å². The number of ether oxygens (including phenoxy) is 1. The largest absolute Gasteiger partial charge is 0.481 e. The Kier molecular flexibility index (Phi) is 8.86. The highest BCUT2D eigenvalue weighted by molar-refractivity contribution is 6.34. The third-order valence-corrected chi connectivity index (χ3v) is 4.88. The number of hydrogen-bond donors (Lipinski definition) is 2. The van der Waals surface area contributed by atoms with Gasteiger partial charge in [0.25, 0.3) is 0 Å². The second kappa shape index (κ2) is 11.1. The van der Waals surface area contributed by atoms with Gasteiger partial charge in [0.1, 0.15) is 6.61 Å². The molecule has 0 spiro atoms. The summed E-state index contributed by atoms with van der Waals surface area (Å²) in [6.07, 6.45) is 2.33. The molecule has 28 heavy (non-hydrogen) atoms. The summed E-state index contributed by atoms with van der Waals surface area (Å²) >= 11 is 11.9. The lowest BCUT2D eigenvalue weighted by Crippen LogP contribution is -2.46. The first kappa shape index (κ1) is 22.3. The number of unbranched alkanes of at least 4 members (excludes halogenated alkanes) is 1. The molecule has 1 aliphatic rings. The van der Waals surface area contributed by atoms with E-state index in [-0.39, 0.29) is 25.0 Å². The zero-order chi connectivity index (χ0) is 20.5. The zero-order valence-electron chi connectivity index (χ0n) is 15.5. The molecule has 1 fully saturated rings. The monoisotopic (exact) mass is 430 g/mol. The van der Waals surface area contributed by atoms with Crippen LogP contribution in [0, 0.1) is 0 Å². The molecule has 9 heteroatoms. The summed E-state index contributed by atoms with van der Waals surface area (Å²) in [6, 6.07) is 5.01. The van der Waals surface area contributed by atoms with E-state index in [0.29, 0.717) is 55.2 Å². The van der Waals surface area contributed by atoms with Gasteiger partial charge in [0, 0.05) is 42.0 Å². The lowest BCUT2D eigenvalue weighted by Gasteiger charge is -2.31. The van der Waals surface area contributed by atoms with E-state index in [2.05, 4.69) is 5.32 Å². The maximum absolute atomic E-state index is 12.2. The number of aliphatic carboxylic acids is 1. The molecule has 2 rings (SSSR count). The standard InChI is InChI=1S/C19H24Cl2N2O5/c20-14-9-13(10-15(21)11-14)12-28-19(27)23-7-5-16(6-8-23)22-17(24)3-1-2-4-18(25)26/h9-11,16H,1-8,12H2,(H,22,24)(H,25,26). The van der Waals surface area contributed by atoms with Crippen LogP contribution in [0.25, 0.3) is 0 Å². The van der Waals surface area contributed by atoms with Gasteiger partial charge in [-0.2, -0.15) is 0 Å². The Bertz CT molecular complexity index is 685.